The van der Waals surface area contributed by atoms with Crippen molar-refractivity contribution in [3.63, 3.8) is 0 Å². The minimum atomic E-state index is 0. The summed E-state index contributed by atoms with van der Waals surface area (Å²) < 4.78 is 10.1. The standard InChI is InChI=1S/C10H12O3.Na.H/c1-12-9-4-3-8(5-6-11)7-10(9)13-2;;/h3-4,6-7H,5H2,1-2H3;;/q;+1;-1. The molecule has 0 fully saturated rings. The molecule has 4 heteroatoms. The van der Waals surface area contributed by atoms with Gasteiger partial charge in [-0.2, -0.15) is 0 Å². The Morgan fingerprint density at radius 1 is 1.29 bits per heavy atom. The second-order valence-electron chi connectivity index (χ2n) is 2.56. The van der Waals surface area contributed by atoms with E-state index in [9.17, 15) is 4.79 Å². The Morgan fingerprint density at radius 3 is 2.43 bits per heavy atom. The summed E-state index contributed by atoms with van der Waals surface area (Å²) in [5, 5.41) is 0. The summed E-state index contributed by atoms with van der Waals surface area (Å²) in [6.07, 6.45) is 1.27. The minimum absolute atomic E-state index is 0. The van der Waals surface area contributed by atoms with E-state index in [1.165, 1.54) is 0 Å². The number of hydrogen-bond acceptors (Lipinski definition) is 3. The maximum atomic E-state index is 10.3. The number of carbonyl (C=O) groups is 1. The van der Waals surface area contributed by atoms with Crippen molar-refractivity contribution in [3.05, 3.63) is 23.8 Å². The van der Waals surface area contributed by atoms with Gasteiger partial charge in [-0.3, -0.25) is 0 Å². The van der Waals surface area contributed by atoms with Crippen molar-refractivity contribution in [2.45, 2.75) is 6.42 Å². The zero-order valence-electron chi connectivity index (χ0n) is 9.74. The summed E-state index contributed by atoms with van der Waals surface area (Å²) in [5.41, 5.74) is 0.924. The van der Waals surface area contributed by atoms with Gasteiger partial charge in [0, 0.05) is 6.42 Å². The molecule has 0 saturated heterocycles. The van der Waals surface area contributed by atoms with Gasteiger partial charge in [-0.25, -0.2) is 0 Å². The van der Waals surface area contributed by atoms with E-state index in [2.05, 4.69) is 0 Å². The van der Waals surface area contributed by atoms with E-state index in [0.717, 1.165) is 11.8 Å². The predicted octanol–water partition coefficient (Wildman–Crippen LogP) is -1.44. The second-order valence-corrected chi connectivity index (χ2v) is 2.56. The molecule has 1 aromatic carbocycles. The van der Waals surface area contributed by atoms with Crippen LogP contribution in [0, 0.1) is 0 Å². The molecule has 0 aliphatic heterocycles. The first-order valence-electron chi connectivity index (χ1n) is 3.96. The largest absolute Gasteiger partial charge is 1.00 e. The topological polar surface area (TPSA) is 35.5 Å². The first-order chi connectivity index (χ1) is 6.31. The molecule has 0 spiro atoms. The molecular formula is C10H13NaO3. The molecular weight excluding hydrogens is 191 g/mol. The average molecular weight is 204 g/mol. The number of ether oxygens (including phenoxy) is 2. The van der Waals surface area contributed by atoms with Gasteiger partial charge < -0.3 is 15.7 Å². The van der Waals surface area contributed by atoms with Crippen LogP contribution >= 0.6 is 0 Å². The average Bonchev–Trinajstić information content (AvgIpc) is 2.18. The van der Waals surface area contributed by atoms with Crippen LogP contribution in [-0.4, -0.2) is 20.5 Å². The maximum Gasteiger partial charge on any atom is 1.00 e. The fourth-order valence-corrected chi connectivity index (χ4v) is 1.10. The van der Waals surface area contributed by atoms with Gasteiger partial charge >= 0.3 is 29.6 Å². The molecule has 0 aromatic heterocycles. The van der Waals surface area contributed by atoms with Crippen LogP contribution in [0.3, 0.4) is 0 Å². The van der Waals surface area contributed by atoms with Crippen molar-refractivity contribution in [3.8, 4) is 11.5 Å². The van der Waals surface area contributed by atoms with E-state index < -0.39 is 0 Å². The van der Waals surface area contributed by atoms with E-state index in [1.54, 1.807) is 26.4 Å². The molecule has 0 saturated carbocycles. The number of rotatable bonds is 4. The van der Waals surface area contributed by atoms with Crippen LogP contribution in [0.1, 0.15) is 6.99 Å². The molecule has 0 bridgehead atoms. The van der Waals surface area contributed by atoms with Gasteiger partial charge in [0.1, 0.15) is 6.29 Å². The normalized spacial score (nSPS) is 8.71. The first-order valence-corrected chi connectivity index (χ1v) is 3.96. The van der Waals surface area contributed by atoms with Gasteiger partial charge in [-0.15, -0.1) is 0 Å². The van der Waals surface area contributed by atoms with Crippen molar-refractivity contribution >= 4 is 6.29 Å². The molecule has 0 amide bonds. The Kier molecular flexibility index (Phi) is 6.62. The van der Waals surface area contributed by atoms with Crippen molar-refractivity contribution < 1.29 is 45.3 Å². The van der Waals surface area contributed by atoms with Gasteiger partial charge in [-0.05, 0) is 17.7 Å². The smallest absolute Gasteiger partial charge is 1.00 e. The molecule has 72 valence electrons. The second kappa shape index (κ2) is 6.87. The van der Waals surface area contributed by atoms with Gasteiger partial charge in [0.15, 0.2) is 11.5 Å². The third kappa shape index (κ3) is 3.33. The van der Waals surface area contributed by atoms with E-state index in [0.29, 0.717) is 17.9 Å². The SMILES string of the molecule is COc1ccc(CC=O)cc1OC.[H-].[Na+]. The third-order valence-electron chi connectivity index (χ3n) is 1.77. The fourth-order valence-electron chi connectivity index (χ4n) is 1.10. The molecule has 0 unspecified atom stereocenters. The summed E-state index contributed by atoms with van der Waals surface area (Å²) in [7, 11) is 3.15. The van der Waals surface area contributed by atoms with E-state index in [1.807, 2.05) is 6.07 Å². The first kappa shape index (κ1) is 13.5. The number of methoxy groups -OCH3 is 2. The quantitative estimate of drug-likeness (QED) is 0.445. The van der Waals surface area contributed by atoms with E-state index >= 15 is 0 Å². The zero-order chi connectivity index (χ0) is 9.68. The van der Waals surface area contributed by atoms with Gasteiger partial charge in [0.25, 0.3) is 0 Å². The maximum absolute atomic E-state index is 10.3. The van der Waals surface area contributed by atoms with Crippen molar-refractivity contribution in [2.24, 2.45) is 0 Å². The van der Waals surface area contributed by atoms with Crippen LogP contribution in [0.5, 0.6) is 11.5 Å². The van der Waals surface area contributed by atoms with Gasteiger partial charge in [0.2, 0.25) is 0 Å². The molecule has 0 heterocycles. The van der Waals surface area contributed by atoms with Crippen molar-refractivity contribution in [1.82, 2.24) is 0 Å². The summed E-state index contributed by atoms with van der Waals surface area (Å²) in [6.45, 7) is 0. The number of benzene rings is 1. The van der Waals surface area contributed by atoms with Gasteiger partial charge in [-0.1, -0.05) is 6.07 Å². The van der Waals surface area contributed by atoms with Crippen molar-refractivity contribution in [2.75, 3.05) is 14.2 Å². The van der Waals surface area contributed by atoms with Crippen LogP contribution in [0.4, 0.5) is 0 Å². The third-order valence-corrected chi connectivity index (χ3v) is 1.77. The van der Waals surface area contributed by atoms with Crippen LogP contribution in [0.15, 0.2) is 18.2 Å². The zero-order valence-corrected chi connectivity index (χ0v) is 10.7. The Hall–Kier alpha value is -0.510. The van der Waals surface area contributed by atoms with Crippen LogP contribution in [0.2, 0.25) is 0 Å². The summed E-state index contributed by atoms with van der Waals surface area (Å²) >= 11 is 0. The monoisotopic (exact) mass is 204 g/mol. The number of aldehydes is 1. The summed E-state index contributed by atoms with van der Waals surface area (Å²) in [5.74, 6) is 1.33. The summed E-state index contributed by atoms with van der Waals surface area (Å²) in [4.78, 5) is 10.3. The molecule has 0 atom stereocenters. The molecule has 14 heavy (non-hydrogen) atoms. The van der Waals surface area contributed by atoms with E-state index in [-0.39, 0.29) is 31.0 Å². The number of carbonyl (C=O) groups excluding carboxylic acids is 1. The predicted molar refractivity (Wildman–Crippen MR) is 50.4 cm³/mol. The molecule has 0 aliphatic rings. The molecule has 1 aromatic rings. The molecule has 0 aliphatic carbocycles. The minimum Gasteiger partial charge on any atom is -1.00 e. The molecule has 0 N–H and O–H groups in total. The Balaban J connectivity index is 0. The Bertz CT molecular complexity index is 305. The molecule has 1 rings (SSSR count). The molecule has 0 radical (unpaired) electrons. The Morgan fingerprint density at radius 2 is 1.93 bits per heavy atom. The van der Waals surface area contributed by atoms with Crippen LogP contribution in [-0.2, 0) is 11.2 Å². The van der Waals surface area contributed by atoms with Crippen LogP contribution in [0.25, 0.3) is 0 Å². The van der Waals surface area contributed by atoms with Crippen LogP contribution < -0.4 is 39.0 Å². The van der Waals surface area contributed by atoms with Crippen molar-refractivity contribution in [1.29, 1.82) is 0 Å². The number of hydrogen-bond donors (Lipinski definition) is 0. The molecule has 3 nitrogen and oxygen atoms in total. The summed E-state index contributed by atoms with van der Waals surface area (Å²) in [6, 6.07) is 5.43. The Labute approximate surface area is 107 Å². The van der Waals surface area contributed by atoms with Gasteiger partial charge in [0.05, 0.1) is 14.2 Å². The fraction of sp³-hybridized carbons (Fsp3) is 0.300. The van der Waals surface area contributed by atoms with E-state index in [4.69, 9.17) is 9.47 Å².